The van der Waals surface area contributed by atoms with Gasteiger partial charge in [0.2, 0.25) is 0 Å². The highest BCUT2D eigenvalue weighted by Gasteiger charge is 2.40. The van der Waals surface area contributed by atoms with Gasteiger partial charge < -0.3 is 9.51 Å². The van der Waals surface area contributed by atoms with Crippen molar-refractivity contribution in [2.75, 3.05) is 13.1 Å². The Balaban J connectivity index is 1.50. The van der Waals surface area contributed by atoms with Crippen molar-refractivity contribution in [3.63, 3.8) is 0 Å². The molecule has 25 heavy (non-hydrogen) atoms. The number of hydrogen-bond donors (Lipinski definition) is 1. The lowest BCUT2D eigenvalue weighted by Gasteiger charge is -2.20. The maximum Gasteiger partial charge on any atom is 0.137 e. The van der Waals surface area contributed by atoms with Crippen molar-refractivity contribution >= 4 is 5.65 Å². The lowest BCUT2D eigenvalue weighted by molar-refractivity contribution is 0.0407. The average molecular weight is 340 g/mol. The number of aliphatic hydroxyl groups is 1. The summed E-state index contributed by atoms with van der Waals surface area (Å²) in [6, 6.07) is 6.35. The summed E-state index contributed by atoms with van der Waals surface area (Å²) in [5, 5.41) is 19.3. The Morgan fingerprint density at radius 3 is 2.84 bits per heavy atom. The van der Waals surface area contributed by atoms with E-state index in [1.807, 2.05) is 18.3 Å². The molecule has 1 aliphatic heterocycles. The molecule has 1 unspecified atom stereocenters. The third kappa shape index (κ3) is 2.94. The lowest BCUT2D eigenvalue weighted by atomic mass is 10.00. The van der Waals surface area contributed by atoms with E-state index in [9.17, 15) is 5.11 Å². The minimum atomic E-state index is -0.928. The molecule has 4 rings (SSSR count). The van der Waals surface area contributed by atoms with Crippen molar-refractivity contribution in [1.29, 1.82) is 0 Å². The zero-order valence-electron chi connectivity index (χ0n) is 14.9. The molecule has 0 radical (unpaired) electrons. The first-order chi connectivity index (χ1) is 11.9. The highest BCUT2D eigenvalue weighted by atomic mass is 16.3. The molecule has 3 aromatic rings. The molecule has 1 fully saturated rings. The quantitative estimate of drug-likeness (QED) is 0.785. The Labute approximate surface area is 146 Å². The second kappa shape index (κ2) is 5.93. The van der Waals surface area contributed by atoms with Crippen LogP contribution < -0.4 is 0 Å². The van der Waals surface area contributed by atoms with Crippen LogP contribution in [0.5, 0.6) is 0 Å². The molecule has 0 spiro atoms. The second-order valence-electron chi connectivity index (χ2n) is 7.30. The van der Waals surface area contributed by atoms with E-state index in [1.165, 1.54) is 5.69 Å². The third-order valence-corrected chi connectivity index (χ3v) is 4.97. The van der Waals surface area contributed by atoms with Gasteiger partial charge in [-0.1, -0.05) is 11.3 Å². The number of aromatic nitrogens is 5. The van der Waals surface area contributed by atoms with Gasteiger partial charge in [-0.2, -0.15) is 0 Å². The smallest absolute Gasteiger partial charge is 0.137 e. The molecule has 7 nitrogen and oxygen atoms in total. The molecule has 1 aliphatic rings. The van der Waals surface area contributed by atoms with Crippen molar-refractivity contribution < 1.29 is 5.11 Å². The lowest BCUT2D eigenvalue weighted by Crippen LogP contribution is -2.31. The van der Waals surface area contributed by atoms with Crippen molar-refractivity contribution in [2.45, 2.75) is 45.4 Å². The molecule has 1 atom stereocenters. The van der Waals surface area contributed by atoms with E-state index in [0.717, 1.165) is 24.4 Å². The maximum atomic E-state index is 11.0. The van der Waals surface area contributed by atoms with Crippen molar-refractivity contribution in [3.05, 3.63) is 47.7 Å². The molecule has 0 amide bonds. The number of likely N-dealkylation sites (tertiary alicyclic amines) is 1. The van der Waals surface area contributed by atoms with Crippen LogP contribution in [0.1, 0.15) is 43.4 Å². The van der Waals surface area contributed by atoms with Crippen molar-refractivity contribution in [1.82, 2.24) is 29.3 Å². The summed E-state index contributed by atoms with van der Waals surface area (Å²) in [5.74, 6) is 0. The number of hydrogen-bond acceptors (Lipinski definition) is 5. The molecular formula is C18H24N6O. The fourth-order valence-corrected chi connectivity index (χ4v) is 3.46. The summed E-state index contributed by atoms with van der Waals surface area (Å²) in [4.78, 5) is 6.92. The van der Waals surface area contributed by atoms with Crippen molar-refractivity contribution in [3.8, 4) is 0 Å². The molecule has 0 bridgehead atoms. The number of aryl methyl sites for hydroxylation is 1. The van der Waals surface area contributed by atoms with E-state index in [0.29, 0.717) is 18.7 Å². The summed E-state index contributed by atoms with van der Waals surface area (Å²) in [6.07, 6.45) is 4.61. The molecule has 7 heteroatoms. The van der Waals surface area contributed by atoms with Crippen LogP contribution in [0, 0.1) is 6.92 Å². The predicted molar refractivity (Wildman–Crippen MR) is 94.1 cm³/mol. The van der Waals surface area contributed by atoms with Crippen LogP contribution in [0.2, 0.25) is 0 Å². The molecular weight excluding hydrogens is 316 g/mol. The normalized spacial score (nSPS) is 21.6. The third-order valence-electron chi connectivity index (χ3n) is 4.97. The average Bonchev–Trinajstić information content (AvgIpc) is 3.27. The van der Waals surface area contributed by atoms with E-state index in [-0.39, 0.29) is 6.04 Å². The molecule has 1 N–H and O–H groups in total. The maximum absolute atomic E-state index is 11.0. The number of pyridine rings is 1. The molecule has 1 saturated heterocycles. The fourth-order valence-electron chi connectivity index (χ4n) is 3.46. The minimum Gasteiger partial charge on any atom is -0.382 e. The summed E-state index contributed by atoms with van der Waals surface area (Å²) in [7, 11) is 0. The first kappa shape index (κ1) is 16.2. The first-order valence-electron chi connectivity index (χ1n) is 8.75. The number of β-amino-alcohol motifs (C(OH)–C–C–N with tert-alkyl or cyclic N) is 1. The number of nitrogens with zero attached hydrogens (tertiary/aromatic N) is 6. The highest BCUT2D eigenvalue weighted by molar-refractivity contribution is 5.41. The van der Waals surface area contributed by atoms with Gasteiger partial charge in [-0.25, -0.2) is 9.67 Å². The number of fused-ring (bicyclic) bond motifs is 1. The van der Waals surface area contributed by atoms with Crippen LogP contribution in [0.25, 0.3) is 5.65 Å². The van der Waals surface area contributed by atoms with Gasteiger partial charge in [-0.15, -0.1) is 5.10 Å². The Morgan fingerprint density at radius 2 is 2.12 bits per heavy atom. The molecule has 132 valence electrons. The summed E-state index contributed by atoms with van der Waals surface area (Å²) < 4.78 is 3.90. The molecule has 4 heterocycles. The van der Waals surface area contributed by atoms with Gasteiger partial charge in [0.15, 0.2) is 0 Å². The largest absolute Gasteiger partial charge is 0.382 e. The summed E-state index contributed by atoms with van der Waals surface area (Å²) in [5.41, 5.74) is 2.88. The van der Waals surface area contributed by atoms with Gasteiger partial charge in [0.25, 0.3) is 0 Å². The topological polar surface area (TPSA) is 71.5 Å². The van der Waals surface area contributed by atoms with Crippen LogP contribution in [-0.4, -0.2) is 47.5 Å². The van der Waals surface area contributed by atoms with Gasteiger partial charge >= 0.3 is 0 Å². The van der Waals surface area contributed by atoms with E-state index in [4.69, 9.17) is 4.98 Å². The van der Waals surface area contributed by atoms with Crippen LogP contribution in [0.3, 0.4) is 0 Å². The first-order valence-corrected chi connectivity index (χ1v) is 8.75. The fraction of sp³-hybridized carbons (Fsp3) is 0.500. The highest BCUT2D eigenvalue weighted by Crippen LogP contribution is 2.31. The minimum absolute atomic E-state index is 0.239. The van der Waals surface area contributed by atoms with Gasteiger partial charge in [-0.3, -0.25) is 4.90 Å². The molecule has 3 aromatic heterocycles. The monoisotopic (exact) mass is 340 g/mol. The van der Waals surface area contributed by atoms with E-state index in [1.54, 1.807) is 4.68 Å². The van der Waals surface area contributed by atoms with Gasteiger partial charge in [0, 0.05) is 37.6 Å². The predicted octanol–water partition coefficient (Wildman–Crippen LogP) is 1.91. The molecule has 0 aromatic carbocycles. The Hall–Kier alpha value is -2.25. The number of imidazole rings is 1. The standard InChI is InChI=1S/C18H24N6O/c1-13(2)24-11-16(20-21-24)18(25)7-8-22(12-18)9-15-10-23-14(3)5-4-6-17(23)19-15/h4-6,10-11,13,25H,7-9,12H2,1-3H3. The van der Waals surface area contributed by atoms with E-state index < -0.39 is 5.60 Å². The Kier molecular flexibility index (Phi) is 3.85. The number of rotatable bonds is 4. The zero-order chi connectivity index (χ0) is 17.6. The van der Waals surface area contributed by atoms with E-state index >= 15 is 0 Å². The molecule has 0 saturated carbocycles. The van der Waals surface area contributed by atoms with Gasteiger partial charge in [0.05, 0.1) is 11.9 Å². The Bertz CT molecular complexity index is 898. The van der Waals surface area contributed by atoms with E-state index in [2.05, 4.69) is 52.6 Å². The molecule has 0 aliphatic carbocycles. The van der Waals surface area contributed by atoms with Crippen molar-refractivity contribution in [2.24, 2.45) is 0 Å². The van der Waals surface area contributed by atoms with Crippen LogP contribution in [0.15, 0.2) is 30.6 Å². The van der Waals surface area contributed by atoms with Crippen LogP contribution in [-0.2, 0) is 12.1 Å². The Morgan fingerprint density at radius 1 is 1.28 bits per heavy atom. The van der Waals surface area contributed by atoms with Gasteiger partial charge in [0.1, 0.15) is 16.9 Å². The SMILES string of the molecule is Cc1cccc2nc(CN3CCC(O)(c4cn(C(C)C)nn4)C3)cn12. The summed E-state index contributed by atoms with van der Waals surface area (Å²) in [6.45, 7) is 8.27. The van der Waals surface area contributed by atoms with Crippen LogP contribution in [0.4, 0.5) is 0 Å². The van der Waals surface area contributed by atoms with Gasteiger partial charge in [-0.05, 0) is 39.3 Å². The summed E-state index contributed by atoms with van der Waals surface area (Å²) >= 11 is 0. The zero-order valence-corrected chi connectivity index (χ0v) is 14.9. The van der Waals surface area contributed by atoms with Crippen LogP contribution >= 0.6 is 0 Å². The second-order valence-corrected chi connectivity index (χ2v) is 7.30.